The third-order valence-corrected chi connectivity index (χ3v) is 4.97. The molecule has 0 aliphatic rings. The first-order valence-electron chi connectivity index (χ1n) is 5.63. The highest BCUT2D eigenvalue weighted by Gasteiger charge is 2.12. The molecule has 1 rings (SSSR count). The van der Waals surface area contributed by atoms with Gasteiger partial charge in [-0.3, -0.25) is 0 Å². The molecule has 0 aliphatic heterocycles. The monoisotopic (exact) mass is 353 g/mol. The fourth-order valence-electron chi connectivity index (χ4n) is 1.76. The van der Waals surface area contributed by atoms with Crippen LogP contribution >= 0.6 is 27.5 Å². The zero-order valence-electron chi connectivity index (χ0n) is 10.4. The van der Waals surface area contributed by atoms with Crippen LogP contribution in [-0.2, 0) is 9.84 Å². The predicted molar refractivity (Wildman–Crippen MR) is 79.9 cm³/mol. The van der Waals surface area contributed by atoms with Crippen molar-refractivity contribution in [1.82, 2.24) is 5.32 Å². The van der Waals surface area contributed by atoms with Crippen LogP contribution in [0.15, 0.2) is 22.7 Å². The zero-order chi connectivity index (χ0) is 13.8. The van der Waals surface area contributed by atoms with Crippen LogP contribution in [-0.4, -0.2) is 27.5 Å². The first kappa shape index (κ1) is 16.0. The zero-order valence-corrected chi connectivity index (χ0v) is 13.6. The first-order chi connectivity index (χ1) is 8.33. The minimum Gasteiger partial charge on any atom is -0.313 e. The topological polar surface area (TPSA) is 46.2 Å². The number of benzene rings is 1. The molecule has 102 valence electrons. The van der Waals surface area contributed by atoms with Crippen molar-refractivity contribution in [3.63, 3.8) is 0 Å². The molecule has 0 amide bonds. The van der Waals surface area contributed by atoms with Crippen LogP contribution in [0.3, 0.4) is 0 Å². The van der Waals surface area contributed by atoms with Gasteiger partial charge in [-0.25, -0.2) is 8.42 Å². The average molecular weight is 355 g/mol. The lowest BCUT2D eigenvalue weighted by Gasteiger charge is -2.17. The SMILES string of the molecule is CNC(CCCS(C)(=O)=O)c1ccc(Br)c(Cl)c1. The molecule has 0 fully saturated rings. The Hall–Kier alpha value is -0.100. The van der Waals surface area contributed by atoms with Crippen molar-refractivity contribution in [2.24, 2.45) is 0 Å². The Morgan fingerprint density at radius 1 is 1.44 bits per heavy atom. The number of hydrogen-bond acceptors (Lipinski definition) is 3. The highest BCUT2D eigenvalue weighted by Crippen LogP contribution is 2.27. The Bertz CT molecular complexity index is 505. The highest BCUT2D eigenvalue weighted by atomic mass is 79.9. The Morgan fingerprint density at radius 3 is 2.61 bits per heavy atom. The summed E-state index contributed by atoms with van der Waals surface area (Å²) in [6, 6.07) is 5.90. The molecule has 6 heteroatoms. The third kappa shape index (κ3) is 5.26. The summed E-state index contributed by atoms with van der Waals surface area (Å²) in [5.41, 5.74) is 1.07. The Kier molecular flexibility index (Phi) is 6.11. The largest absolute Gasteiger partial charge is 0.313 e. The maximum absolute atomic E-state index is 11.1. The van der Waals surface area contributed by atoms with Gasteiger partial charge in [-0.2, -0.15) is 0 Å². The van der Waals surface area contributed by atoms with Crippen LogP contribution < -0.4 is 5.32 Å². The van der Waals surface area contributed by atoms with Crippen molar-refractivity contribution in [3.8, 4) is 0 Å². The number of nitrogens with one attached hydrogen (secondary N) is 1. The molecule has 18 heavy (non-hydrogen) atoms. The Morgan fingerprint density at radius 2 is 2.11 bits per heavy atom. The summed E-state index contributed by atoms with van der Waals surface area (Å²) in [6.45, 7) is 0. The van der Waals surface area contributed by atoms with E-state index in [2.05, 4.69) is 21.2 Å². The normalized spacial score (nSPS) is 13.6. The van der Waals surface area contributed by atoms with E-state index in [1.807, 2.05) is 25.2 Å². The van der Waals surface area contributed by atoms with Crippen molar-refractivity contribution < 1.29 is 8.42 Å². The van der Waals surface area contributed by atoms with Crippen LogP contribution in [0.2, 0.25) is 5.02 Å². The first-order valence-corrected chi connectivity index (χ1v) is 8.86. The summed E-state index contributed by atoms with van der Waals surface area (Å²) in [5.74, 6) is 0.218. The van der Waals surface area contributed by atoms with Gasteiger partial charge in [-0.05, 0) is 53.5 Å². The second kappa shape index (κ2) is 6.89. The summed E-state index contributed by atoms with van der Waals surface area (Å²) in [5, 5.41) is 3.85. The fraction of sp³-hybridized carbons (Fsp3) is 0.500. The van der Waals surface area contributed by atoms with E-state index in [-0.39, 0.29) is 11.8 Å². The average Bonchev–Trinajstić information content (AvgIpc) is 2.27. The van der Waals surface area contributed by atoms with Crippen LogP contribution in [0.25, 0.3) is 0 Å². The van der Waals surface area contributed by atoms with Gasteiger partial charge in [0.05, 0.1) is 5.02 Å². The molecular formula is C12H17BrClNO2S. The quantitative estimate of drug-likeness (QED) is 0.853. The molecule has 0 radical (unpaired) electrons. The minimum absolute atomic E-state index is 0.123. The van der Waals surface area contributed by atoms with Crippen LogP contribution in [0.5, 0.6) is 0 Å². The van der Waals surface area contributed by atoms with Crippen molar-refractivity contribution in [3.05, 3.63) is 33.3 Å². The summed E-state index contributed by atoms with van der Waals surface area (Å²) < 4.78 is 23.0. The van der Waals surface area contributed by atoms with Crippen molar-refractivity contribution in [2.75, 3.05) is 19.1 Å². The van der Waals surface area contributed by atoms with Crippen LogP contribution in [0.1, 0.15) is 24.4 Å². The van der Waals surface area contributed by atoms with Gasteiger partial charge in [0, 0.05) is 22.5 Å². The van der Waals surface area contributed by atoms with Gasteiger partial charge in [-0.15, -0.1) is 0 Å². The number of rotatable bonds is 6. The predicted octanol–water partition coefficient (Wildman–Crippen LogP) is 3.19. The molecule has 1 unspecified atom stereocenters. The third-order valence-electron chi connectivity index (χ3n) is 2.70. The summed E-state index contributed by atoms with van der Waals surface area (Å²) in [7, 11) is -1.02. The summed E-state index contributed by atoms with van der Waals surface area (Å²) >= 11 is 9.40. The lowest BCUT2D eigenvalue weighted by molar-refractivity contribution is 0.536. The molecular weight excluding hydrogens is 338 g/mol. The standard InChI is InChI=1S/C12H17BrClNO2S/c1-15-12(4-3-7-18(2,16)17)9-5-6-10(13)11(14)8-9/h5-6,8,12,15H,3-4,7H2,1-2H3. The van der Waals surface area contributed by atoms with Gasteiger partial charge in [0.25, 0.3) is 0 Å². The molecule has 1 N–H and O–H groups in total. The van der Waals surface area contributed by atoms with Gasteiger partial charge in [0.1, 0.15) is 9.84 Å². The van der Waals surface area contributed by atoms with Gasteiger partial charge in [0.2, 0.25) is 0 Å². The van der Waals surface area contributed by atoms with E-state index >= 15 is 0 Å². The Labute approximate surface area is 122 Å². The maximum atomic E-state index is 11.1. The van der Waals surface area contributed by atoms with Gasteiger partial charge in [-0.1, -0.05) is 17.7 Å². The molecule has 0 heterocycles. The second-order valence-corrected chi connectivity index (χ2v) is 7.81. The van der Waals surface area contributed by atoms with E-state index in [0.717, 1.165) is 16.5 Å². The highest BCUT2D eigenvalue weighted by molar-refractivity contribution is 9.10. The molecule has 1 aromatic carbocycles. The van der Waals surface area contributed by atoms with Crippen molar-refractivity contribution in [2.45, 2.75) is 18.9 Å². The fourth-order valence-corrected chi connectivity index (χ4v) is 2.88. The van der Waals surface area contributed by atoms with E-state index in [4.69, 9.17) is 11.6 Å². The van der Waals surface area contributed by atoms with Gasteiger partial charge >= 0.3 is 0 Å². The van der Waals surface area contributed by atoms with Crippen molar-refractivity contribution in [1.29, 1.82) is 0 Å². The molecule has 0 aromatic heterocycles. The number of sulfone groups is 1. The number of halogens is 2. The van der Waals surface area contributed by atoms with Crippen molar-refractivity contribution >= 4 is 37.4 Å². The lowest BCUT2D eigenvalue weighted by Crippen LogP contribution is -2.17. The van der Waals surface area contributed by atoms with Gasteiger partial charge in [0.15, 0.2) is 0 Å². The van der Waals surface area contributed by atoms with Crippen LogP contribution in [0.4, 0.5) is 0 Å². The molecule has 1 aromatic rings. The van der Waals surface area contributed by atoms with Crippen LogP contribution in [0, 0.1) is 0 Å². The molecule has 3 nitrogen and oxygen atoms in total. The smallest absolute Gasteiger partial charge is 0.147 e. The van der Waals surface area contributed by atoms with E-state index in [1.54, 1.807) is 0 Å². The van der Waals surface area contributed by atoms with E-state index in [9.17, 15) is 8.42 Å². The Balaban J connectivity index is 2.68. The molecule has 0 spiro atoms. The molecule has 0 saturated carbocycles. The summed E-state index contributed by atoms with van der Waals surface area (Å²) in [4.78, 5) is 0. The molecule has 0 bridgehead atoms. The second-order valence-electron chi connectivity index (χ2n) is 4.29. The molecule has 0 aliphatic carbocycles. The number of hydrogen-bond donors (Lipinski definition) is 1. The van der Waals surface area contributed by atoms with E-state index < -0.39 is 9.84 Å². The molecule has 1 atom stereocenters. The summed E-state index contributed by atoms with van der Waals surface area (Å²) in [6.07, 6.45) is 2.66. The van der Waals surface area contributed by atoms with Gasteiger partial charge < -0.3 is 5.32 Å². The van der Waals surface area contributed by atoms with E-state index in [0.29, 0.717) is 11.4 Å². The minimum atomic E-state index is -2.89. The van der Waals surface area contributed by atoms with E-state index in [1.165, 1.54) is 6.26 Å². The lowest BCUT2D eigenvalue weighted by atomic mass is 10.0. The molecule has 0 saturated heterocycles. The maximum Gasteiger partial charge on any atom is 0.147 e.